The highest BCUT2D eigenvalue weighted by Gasteiger charge is 2.32. The predicted octanol–water partition coefficient (Wildman–Crippen LogP) is 4.89. The number of halogens is 3. The number of amides is 1. The van der Waals surface area contributed by atoms with Crippen LogP contribution in [0.15, 0.2) is 58.6 Å². The zero-order chi connectivity index (χ0) is 31.5. The maximum absolute atomic E-state index is 13.3. The first kappa shape index (κ1) is 32.3. The van der Waals surface area contributed by atoms with Crippen molar-refractivity contribution >= 4 is 27.7 Å². The summed E-state index contributed by atoms with van der Waals surface area (Å²) >= 11 is 1.13. The molecule has 1 aliphatic carbocycles. The second kappa shape index (κ2) is 13.5. The number of hydrogen-bond acceptors (Lipinski definition) is 8. The van der Waals surface area contributed by atoms with Crippen LogP contribution < -0.4 is 10.1 Å². The number of aromatic nitrogens is 3. The van der Waals surface area contributed by atoms with E-state index in [1.165, 1.54) is 40.7 Å². The molecule has 2 aromatic carbocycles. The quantitative estimate of drug-likeness (QED) is 0.325. The number of alkyl halides is 3. The minimum Gasteiger partial charge on any atom is -0.406 e. The Morgan fingerprint density at radius 3 is 2.52 bits per heavy atom. The molecular weight excluding hydrogens is 619 g/mol. The summed E-state index contributed by atoms with van der Waals surface area (Å²) in [5.41, 5.74) is 0.822. The first-order valence-corrected chi connectivity index (χ1v) is 16.8. The summed E-state index contributed by atoms with van der Waals surface area (Å²) in [6.45, 7) is 5.40. The van der Waals surface area contributed by atoms with Crippen LogP contribution in [0.4, 0.5) is 13.2 Å². The SMILES string of the molecule is C[C@H]1[C@H](C)CCC[C@@H]1NC(=O)CSc1nnc(-c2cccc(S(=O)(=O)N3CCOCC3)c2)n1-c1ccc(OC(F)(F)F)cc1. The molecule has 3 atom stereocenters. The molecule has 0 radical (unpaired) electrons. The van der Waals surface area contributed by atoms with Crippen LogP contribution in [-0.4, -0.2) is 77.9 Å². The smallest absolute Gasteiger partial charge is 0.406 e. The van der Waals surface area contributed by atoms with Gasteiger partial charge in [-0.15, -0.1) is 23.4 Å². The van der Waals surface area contributed by atoms with E-state index >= 15 is 0 Å². The Bertz CT molecular complexity index is 1560. The van der Waals surface area contributed by atoms with Gasteiger partial charge in [0, 0.05) is 30.4 Å². The number of ether oxygens (including phenoxy) is 2. The number of rotatable bonds is 9. The van der Waals surface area contributed by atoms with Gasteiger partial charge in [-0.2, -0.15) is 4.31 Å². The maximum Gasteiger partial charge on any atom is 0.573 e. The normalized spacial score (nSPS) is 21.6. The molecule has 2 fully saturated rings. The van der Waals surface area contributed by atoms with E-state index in [-0.39, 0.29) is 41.5 Å². The summed E-state index contributed by atoms with van der Waals surface area (Å²) in [5.74, 6) is 0.594. The topological polar surface area (TPSA) is 116 Å². The van der Waals surface area contributed by atoms with Crippen molar-refractivity contribution in [3.63, 3.8) is 0 Å². The third-order valence-corrected chi connectivity index (χ3v) is 10.9. The fraction of sp³-hybridized carbons (Fsp3) is 0.483. The van der Waals surface area contributed by atoms with Crippen molar-refractivity contribution in [2.75, 3.05) is 32.1 Å². The number of sulfonamides is 1. The summed E-state index contributed by atoms with van der Waals surface area (Å²) in [5, 5.41) is 12.0. The molecule has 0 bridgehead atoms. The van der Waals surface area contributed by atoms with Gasteiger partial charge in [0.15, 0.2) is 11.0 Å². The van der Waals surface area contributed by atoms with E-state index in [1.807, 2.05) is 0 Å². The van der Waals surface area contributed by atoms with Crippen LogP contribution in [0.5, 0.6) is 5.75 Å². The molecule has 1 aromatic heterocycles. The van der Waals surface area contributed by atoms with Gasteiger partial charge in [-0.25, -0.2) is 8.42 Å². The third-order valence-electron chi connectivity index (χ3n) is 8.05. The Labute approximate surface area is 258 Å². The van der Waals surface area contributed by atoms with Gasteiger partial charge in [0.2, 0.25) is 15.9 Å². The molecule has 1 aliphatic heterocycles. The van der Waals surface area contributed by atoms with Crippen LogP contribution in [0.2, 0.25) is 0 Å². The highest BCUT2D eigenvalue weighted by Crippen LogP contribution is 2.33. The van der Waals surface area contributed by atoms with E-state index in [9.17, 15) is 26.4 Å². The minimum absolute atomic E-state index is 0.0381. The molecule has 2 aliphatic rings. The number of thioether (sulfide) groups is 1. The number of hydrogen-bond donors (Lipinski definition) is 1. The molecule has 238 valence electrons. The van der Waals surface area contributed by atoms with Gasteiger partial charge in [-0.05, 0) is 54.7 Å². The van der Waals surface area contributed by atoms with Gasteiger partial charge < -0.3 is 14.8 Å². The average Bonchev–Trinajstić information content (AvgIpc) is 3.42. The Kier molecular flexibility index (Phi) is 9.87. The zero-order valence-corrected chi connectivity index (χ0v) is 25.9. The Balaban J connectivity index is 1.44. The van der Waals surface area contributed by atoms with Gasteiger partial charge in [-0.1, -0.05) is 50.6 Å². The van der Waals surface area contributed by atoms with Crippen LogP contribution in [0.3, 0.4) is 0 Å². The van der Waals surface area contributed by atoms with E-state index in [4.69, 9.17) is 4.74 Å². The molecule has 2 heterocycles. The fourth-order valence-electron chi connectivity index (χ4n) is 5.48. The summed E-state index contributed by atoms with van der Waals surface area (Å²) < 4.78 is 77.3. The molecule has 1 amide bonds. The molecule has 15 heteroatoms. The highest BCUT2D eigenvalue weighted by atomic mass is 32.2. The zero-order valence-electron chi connectivity index (χ0n) is 24.3. The van der Waals surface area contributed by atoms with Gasteiger partial charge >= 0.3 is 6.36 Å². The van der Waals surface area contributed by atoms with Gasteiger partial charge in [0.1, 0.15) is 5.75 Å². The second-order valence-electron chi connectivity index (χ2n) is 11.0. The maximum atomic E-state index is 13.3. The number of benzene rings is 2. The summed E-state index contributed by atoms with van der Waals surface area (Å²) in [6, 6.07) is 11.5. The standard InChI is InChI=1S/C29H34F3N5O5S2/c1-19-5-3-8-25(20(19)2)33-26(38)18-43-28-35-34-27(37(28)22-9-11-23(12-10-22)42-29(30,31)32)21-6-4-7-24(17-21)44(39,40)36-13-15-41-16-14-36/h4,6-7,9-12,17,19-20,25H,3,5,8,13-16,18H2,1-2H3,(H,33,38)/t19-,20+,25+/m1/s1. The lowest BCUT2D eigenvalue weighted by atomic mass is 9.78. The molecule has 5 rings (SSSR count). The predicted molar refractivity (Wildman–Crippen MR) is 158 cm³/mol. The summed E-state index contributed by atoms with van der Waals surface area (Å²) in [7, 11) is -3.82. The Hall–Kier alpha value is -3.14. The van der Waals surface area contributed by atoms with Crippen LogP contribution in [0.1, 0.15) is 33.1 Å². The van der Waals surface area contributed by atoms with Crippen LogP contribution >= 0.6 is 11.8 Å². The first-order chi connectivity index (χ1) is 20.9. The van der Waals surface area contributed by atoms with E-state index in [1.54, 1.807) is 16.7 Å². The minimum atomic E-state index is -4.85. The lowest BCUT2D eigenvalue weighted by molar-refractivity contribution is -0.274. The molecule has 0 unspecified atom stereocenters. The van der Waals surface area contributed by atoms with E-state index < -0.39 is 22.1 Å². The van der Waals surface area contributed by atoms with Gasteiger partial charge in [-0.3, -0.25) is 9.36 Å². The molecule has 1 N–H and O–H groups in total. The van der Waals surface area contributed by atoms with Crippen molar-refractivity contribution in [1.82, 2.24) is 24.4 Å². The first-order valence-electron chi connectivity index (χ1n) is 14.3. The van der Waals surface area contributed by atoms with E-state index in [2.05, 4.69) is 34.1 Å². The number of carbonyl (C=O) groups is 1. The number of nitrogens with zero attached hydrogens (tertiary/aromatic N) is 4. The lowest BCUT2D eigenvalue weighted by Gasteiger charge is -2.34. The van der Waals surface area contributed by atoms with Crippen molar-refractivity contribution in [2.24, 2.45) is 11.8 Å². The van der Waals surface area contributed by atoms with Crippen molar-refractivity contribution in [3.8, 4) is 22.8 Å². The van der Waals surface area contributed by atoms with Crippen molar-refractivity contribution in [2.45, 2.75) is 55.6 Å². The molecule has 44 heavy (non-hydrogen) atoms. The van der Waals surface area contributed by atoms with E-state index in [0.29, 0.717) is 41.5 Å². The van der Waals surface area contributed by atoms with Crippen LogP contribution in [0, 0.1) is 11.8 Å². The molecule has 0 spiro atoms. The number of nitrogens with one attached hydrogen (secondary N) is 1. The second-order valence-corrected chi connectivity index (χ2v) is 13.8. The molecule has 3 aromatic rings. The Morgan fingerprint density at radius 1 is 1.09 bits per heavy atom. The largest absolute Gasteiger partial charge is 0.573 e. The molecule has 1 saturated heterocycles. The van der Waals surface area contributed by atoms with E-state index in [0.717, 1.165) is 31.0 Å². The molecular formula is C29H34F3N5O5S2. The van der Waals surface area contributed by atoms with Crippen molar-refractivity contribution in [3.05, 3.63) is 48.5 Å². The monoisotopic (exact) mass is 653 g/mol. The van der Waals surface area contributed by atoms with Crippen LogP contribution in [-0.2, 0) is 19.6 Å². The fourth-order valence-corrected chi connectivity index (χ4v) is 7.69. The number of morpholine rings is 1. The third kappa shape index (κ3) is 7.56. The van der Waals surface area contributed by atoms with Crippen molar-refractivity contribution < 1.29 is 35.9 Å². The summed E-state index contributed by atoms with van der Waals surface area (Å²) in [6.07, 6.45) is -1.75. The summed E-state index contributed by atoms with van der Waals surface area (Å²) in [4.78, 5) is 13.0. The molecule has 1 saturated carbocycles. The van der Waals surface area contributed by atoms with Crippen molar-refractivity contribution in [1.29, 1.82) is 0 Å². The molecule has 10 nitrogen and oxygen atoms in total. The van der Waals surface area contributed by atoms with Gasteiger partial charge in [0.25, 0.3) is 0 Å². The van der Waals surface area contributed by atoms with Crippen LogP contribution in [0.25, 0.3) is 17.1 Å². The highest BCUT2D eigenvalue weighted by molar-refractivity contribution is 7.99. The average molecular weight is 654 g/mol. The number of carbonyl (C=O) groups excluding carboxylic acids is 1. The Morgan fingerprint density at radius 2 is 1.82 bits per heavy atom. The van der Waals surface area contributed by atoms with Gasteiger partial charge in [0.05, 0.1) is 23.9 Å². The lowest BCUT2D eigenvalue weighted by Crippen LogP contribution is -2.44.